The summed E-state index contributed by atoms with van der Waals surface area (Å²) >= 11 is 0. The largest absolute Gasteiger partial charge is 0.497 e. The van der Waals surface area contributed by atoms with Gasteiger partial charge >= 0.3 is 0 Å². The van der Waals surface area contributed by atoms with Crippen LogP contribution in [0, 0.1) is 41.4 Å². The van der Waals surface area contributed by atoms with Crippen LogP contribution in [-0.2, 0) is 20.8 Å². The average Bonchev–Trinajstić information content (AvgIpc) is 3.40. The number of methoxy groups -OCH3 is 2. The van der Waals surface area contributed by atoms with E-state index in [1.807, 2.05) is 12.1 Å². The molecule has 4 aromatic carbocycles. The van der Waals surface area contributed by atoms with Crippen LogP contribution in [-0.4, -0.2) is 52.5 Å². The molecule has 0 heterocycles. The van der Waals surface area contributed by atoms with E-state index in [9.17, 15) is 4.80 Å². The van der Waals surface area contributed by atoms with E-state index in [0.717, 1.165) is 30.3 Å². The summed E-state index contributed by atoms with van der Waals surface area (Å²) in [4.78, 5) is 12.6. The number of ether oxygens (including phenoxy) is 4. The molecule has 1 aliphatic carbocycles. The molecule has 4 aromatic rings. The maximum Gasteiger partial charge on any atom is 0.188 e. The van der Waals surface area contributed by atoms with Crippen LogP contribution in [0.15, 0.2) is 139 Å². The molecule has 1 N–H and O–H groups in total. The first kappa shape index (κ1) is 49.7. The van der Waals surface area contributed by atoms with Crippen molar-refractivity contribution in [3.05, 3.63) is 145 Å². The molecule has 5 rings (SSSR count). The number of hydrogen-bond donors (Lipinski definition) is 1. The Morgan fingerprint density at radius 2 is 1.34 bits per heavy atom. The van der Waals surface area contributed by atoms with Crippen molar-refractivity contribution in [1.82, 2.24) is 0 Å². The van der Waals surface area contributed by atoms with Gasteiger partial charge in [0.05, 0.1) is 32.1 Å². The zero-order valence-corrected chi connectivity index (χ0v) is 41.9. The SMILES string of the molecule is CC/C=C\C(C)[C@H](OCc1ccc(OC)cc1)[C@@H](C)[C@@H]1C(C(C)(C)[Si](C)(C)O)[C@H]([C@@H](OCOC)C(C)C[P+](c2ccccc2)(c2ccccc2)c2ccccc2)C=C(C)C[C@@H]1C. The summed E-state index contributed by atoms with van der Waals surface area (Å²) in [7, 11) is -1.60. The molecular formula is C55H78O5PSi+. The standard InChI is InChI=1S/C55H78O5PSi/c1-13-14-24-41(3)53(59-37-45-31-33-46(58-10)34-32-45)44(6)51-42(4)35-40(2)36-50(52(51)55(7,8)62(11,12)56)54(60-39-57-9)43(5)38-61(47-25-18-15-19-26-47,48-27-20-16-21-28-48)49-29-22-17-23-30-49/h14-34,36,41-44,50-54,56H,13,35,37-39H2,1-12H3/q+1/b24-14-/t41?,42-,43?,44-,50+,51+,52?,53-,54-/m0/s1. The van der Waals surface area contributed by atoms with Crippen LogP contribution >= 0.6 is 7.26 Å². The highest BCUT2D eigenvalue weighted by molar-refractivity contribution is 7.95. The van der Waals surface area contributed by atoms with Crippen LogP contribution in [0.2, 0.25) is 18.1 Å². The van der Waals surface area contributed by atoms with Gasteiger partial charge < -0.3 is 23.7 Å². The van der Waals surface area contributed by atoms with E-state index in [4.69, 9.17) is 18.9 Å². The maximum atomic E-state index is 12.6. The molecule has 9 atom stereocenters. The van der Waals surface area contributed by atoms with Gasteiger partial charge in [-0.25, -0.2) is 0 Å². The van der Waals surface area contributed by atoms with E-state index in [-0.39, 0.29) is 54.5 Å². The molecule has 0 saturated carbocycles. The molecule has 0 fully saturated rings. The highest BCUT2D eigenvalue weighted by Gasteiger charge is 2.57. The lowest BCUT2D eigenvalue weighted by atomic mass is 9.62. The van der Waals surface area contributed by atoms with E-state index in [1.54, 1.807) is 14.2 Å². The quantitative estimate of drug-likeness (QED) is 0.0391. The van der Waals surface area contributed by atoms with E-state index in [0.29, 0.717) is 12.5 Å². The minimum absolute atomic E-state index is 0.000534. The third kappa shape index (κ3) is 11.5. The second-order valence-corrected chi connectivity index (χ2v) is 27.3. The van der Waals surface area contributed by atoms with Crippen molar-refractivity contribution >= 4 is 31.5 Å². The number of rotatable bonds is 21. The van der Waals surface area contributed by atoms with Crippen molar-refractivity contribution < 1.29 is 23.7 Å². The Morgan fingerprint density at radius 1 is 0.806 bits per heavy atom. The summed E-state index contributed by atoms with van der Waals surface area (Å²) in [5.41, 5.74) is 2.52. The summed E-state index contributed by atoms with van der Waals surface area (Å²) < 4.78 is 25.6. The first-order valence-corrected chi connectivity index (χ1v) is 28.0. The Balaban J connectivity index is 1.69. The van der Waals surface area contributed by atoms with Crippen molar-refractivity contribution in [2.45, 2.75) is 105 Å². The molecule has 0 amide bonds. The highest BCUT2D eigenvalue weighted by atomic mass is 31.2. The van der Waals surface area contributed by atoms with E-state index < -0.39 is 20.6 Å². The fraction of sp³-hybridized carbons (Fsp3) is 0.491. The van der Waals surface area contributed by atoms with Crippen molar-refractivity contribution in [2.24, 2.45) is 41.4 Å². The second-order valence-electron chi connectivity index (χ2n) is 19.3. The Labute approximate surface area is 377 Å². The predicted molar refractivity (Wildman–Crippen MR) is 267 cm³/mol. The lowest BCUT2D eigenvalue weighted by molar-refractivity contribution is -0.123. The molecule has 0 saturated heterocycles. The fourth-order valence-corrected chi connectivity index (χ4v) is 16.6. The van der Waals surface area contributed by atoms with Crippen LogP contribution in [0.3, 0.4) is 0 Å². The molecule has 5 nitrogen and oxygen atoms in total. The van der Waals surface area contributed by atoms with Gasteiger partial charge in [0.15, 0.2) is 8.32 Å². The Hall–Kier alpha value is -3.35. The van der Waals surface area contributed by atoms with Gasteiger partial charge in [0.25, 0.3) is 0 Å². The van der Waals surface area contributed by atoms with Crippen molar-refractivity contribution in [2.75, 3.05) is 27.2 Å². The van der Waals surface area contributed by atoms with Crippen LogP contribution < -0.4 is 20.7 Å². The summed E-state index contributed by atoms with van der Waals surface area (Å²) in [6.07, 6.45) is 9.82. The zero-order valence-electron chi connectivity index (χ0n) is 40.0. The molecule has 3 unspecified atom stereocenters. The smallest absolute Gasteiger partial charge is 0.188 e. The molecule has 1 aliphatic rings. The van der Waals surface area contributed by atoms with Crippen LogP contribution in [0.4, 0.5) is 0 Å². The third-order valence-electron chi connectivity index (χ3n) is 14.4. The van der Waals surface area contributed by atoms with Crippen molar-refractivity contribution in [3.63, 3.8) is 0 Å². The number of allylic oxidation sites excluding steroid dienone is 2. The molecule has 0 bridgehead atoms. The monoisotopic (exact) mass is 878 g/mol. The first-order chi connectivity index (χ1) is 29.6. The van der Waals surface area contributed by atoms with Gasteiger partial charge in [-0.15, -0.1) is 0 Å². The van der Waals surface area contributed by atoms with Gasteiger partial charge in [0.1, 0.15) is 35.7 Å². The highest BCUT2D eigenvalue weighted by Crippen LogP contribution is 2.61. The van der Waals surface area contributed by atoms with Crippen LogP contribution in [0.1, 0.15) is 73.8 Å². The van der Waals surface area contributed by atoms with Crippen molar-refractivity contribution in [1.29, 1.82) is 0 Å². The van der Waals surface area contributed by atoms with Gasteiger partial charge in [0.2, 0.25) is 0 Å². The van der Waals surface area contributed by atoms with Gasteiger partial charge in [-0.1, -0.05) is 139 Å². The topological polar surface area (TPSA) is 57.2 Å². The van der Waals surface area contributed by atoms with Crippen LogP contribution in [0.5, 0.6) is 5.75 Å². The van der Waals surface area contributed by atoms with E-state index >= 15 is 0 Å². The van der Waals surface area contributed by atoms with Gasteiger partial charge in [0, 0.05) is 24.9 Å². The molecule has 0 aliphatic heterocycles. The van der Waals surface area contributed by atoms with Gasteiger partial charge in [-0.3, -0.25) is 0 Å². The normalized spacial score (nSPS) is 21.4. The van der Waals surface area contributed by atoms with E-state index in [1.165, 1.54) is 21.5 Å². The summed E-state index contributed by atoms with van der Waals surface area (Å²) in [6, 6.07) is 41.8. The molecule has 7 heteroatoms. The molecule has 0 aromatic heterocycles. The molecule has 336 valence electrons. The fourth-order valence-electron chi connectivity index (χ4n) is 10.8. The Bertz CT molecular complexity index is 1880. The Morgan fingerprint density at radius 3 is 1.81 bits per heavy atom. The lowest BCUT2D eigenvalue weighted by Gasteiger charge is -2.53. The number of hydrogen-bond acceptors (Lipinski definition) is 5. The van der Waals surface area contributed by atoms with Gasteiger partial charge in [-0.2, -0.15) is 0 Å². The second kappa shape index (κ2) is 22.5. The van der Waals surface area contributed by atoms with Gasteiger partial charge in [-0.05, 0) is 116 Å². The third-order valence-corrected chi connectivity index (χ3v) is 22.6. The first-order valence-electron chi connectivity index (χ1n) is 23.1. The molecule has 0 spiro atoms. The minimum Gasteiger partial charge on any atom is -0.497 e. The molecule has 0 radical (unpaired) electrons. The maximum absolute atomic E-state index is 12.6. The zero-order chi connectivity index (χ0) is 45.1. The summed E-state index contributed by atoms with van der Waals surface area (Å²) in [5.74, 6) is 1.91. The van der Waals surface area contributed by atoms with Crippen molar-refractivity contribution in [3.8, 4) is 5.75 Å². The summed E-state index contributed by atoms with van der Waals surface area (Å²) in [5, 5.41) is 3.71. The average molecular weight is 878 g/mol. The Kier molecular flexibility index (Phi) is 18.0. The summed E-state index contributed by atoms with van der Waals surface area (Å²) in [6.45, 7) is 23.9. The minimum atomic E-state index is -2.83. The predicted octanol–water partition coefficient (Wildman–Crippen LogP) is 12.3. The molecular weight excluding hydrogens is 800 g/mol. The lowest BCUT2D eigenvalue weighted by Crippen LogP contribution is -2.54. The number of benzene rings is 4. The van der Waals surface area contributed by atoms with E-state index in [2.05, 4.69) is 190 Å². The van der Waals surface area contributed by atoms with Crippen LogP contribution in [0.25, 0.3) is 0 Å². The molecule has 62 heavy (non-hydrogen) atoms.